The van der Waals surface area contributed by atoms with Gasteiger partial charge in [0.1, 0.15) is 12.1 Å². The Balaban J connectivity index is 2.34. The van der Waals surface area contributed by atoms with Gasteiger partial charge < -0.3 is 20.7 Å². The zero-order valence-corrected chi connectivity index (χ0v) is 21.4. The molecule has 194 valence electrons. The van der Waals surface area contributed by atoms with E-state index in [1.54, 1.807) is 0 Å². The molecule has 1 rings (SSSR count). The van der Waals surface area contributed by atoms with Gasteiger partial charge in [-0.2, -0.15) is 0 Å². The molecule has 0 saturated heterocycles. The third-order valence-corrected chi connectivity index (χ3v) is 5.96. The summed E-state index contributed by atoms with van der Waals surface area (Å²) in [4.78, 5) is 43.6. The lowest BCUT2D eigenvalue weighted by Gasteiger charge is -2.22. The van der Waals surface area contributed by atoms with Crippen LogP contribution in [0.2, 0.25) is 0 Å². The zero-order chi connectivity index (χ0) is 25.2. The van der Waals surface area contributed by atoms with Crippen LogP contribution in [0.25, 0.3) is 0 Å². The van der Waals surface area contributed by atoms with Gasteiger partial charge in [-0.1, -0.05) is 85.0 Å². The number of hydrogen-bond acceptors (Lipinski definition) is 4. The van der Waals surface area contributed by atoms with Crippen molar-refractivity contribution in [3.63, 3.8) is 0 Å². The van der Waals surface area contributed by atoms with Crippen molar-refractivity contribution in [2.45, 2.75) is 123 Å². The molecule has 4 N–H and O–H groups in total. The lowest BCUT2D eigenvalue weighted by Crippen LogP contribution is -2.52. The average Bonchev–Trinajstić information content (AvgIpc) is 3.29. The molecule has 1 aromatic rings. The van der Waals surface area contributed by atoms with Gasteiger partial charge >= 0.3 is 5.97 Å². The fourth-order valence-electron chi connectivity index (χ4n) is 4.01. The smallest absolute Gasteiger partial charge is 0.326 e. The predicted octanol–water partition coefficient (Wildman–Crippen LogP) is 4.75. The molecule has 0 aromatic carbocycles. The van der Waals surface area contributed by atoms with Gasteiger partial charge in [-0.3, -0.25) is 9.59 Å². The van der Waals surface area contributed by atoms with E-state index in [4.69, 9.17) is 0 Å². The monoisotopic (exact) mass is 478 g/mol. The van der Waals surface area contributed by atoms with E-state index < -0.39 is 24.0 Å². The molecule has 0 saturated carbocycles. The molecular formula is C26H46N4O4. The number of hydrogen-bond donors (Lipinski definition) is 4. The summed E-state index contributed by atoms with van der Waals surface area (Å²) in [7, 11) is 0. The standard InChI is InChI=1S/C26H46N4O4/c1-4-5-6-7-8-9-10-11-12-13-14-15-24(31)29-22(16-20(2)3)25(32)30-23(26(33)34)17-21-18-27-19-28-21/h18-20,22-23H,4-17H2,1-3H3,(H,27,28)(H,29,31)(H,30,32)(H,33,34)/t22-,23-/m0/s1. The van der Waals surface area contributed by atoms with Gasteiger partial charge in [0.25, 0.3) is 0 Å². The van der Waals surface area contributed by atoms with Crippen LogP contribution in [0, 0.1) is 5.92 Å². The van der Waals surface area contributed by atoms with E-state index in [9.17, 15) is 19.5 Å². The van der Waals surface area contributed by atoms with E-state index in [2.05, 4.69) is 27.5 Å². The summed E-state index contributed by atoms with van der Waals surface area (Å²) < 4.78 is 0. The third-order valence-electron chi connectivity index (χ3n) is 5.96. The Hall–Kier alpha value is -2.38. The summed E-state index contributed by atoms with van der Waals surface area (Å²) in [5, 5.41) is 14.9. The van der Waals surface area contributed by atoms with Crippen molar-refractivity contribution in [3.05, 3.63) is 18.2 Å². The summed E-state index contributed by atoms with van der Waals surface area (Å²) >= 11 is 0. The van der Waals surface area contributed by atoms with Crippen molar-refractivity contribution < 1.29 is 19.5 Å². The first-order chi connectivity index (χ1) is 16.3. The summed E-state index contributed by atoms with van der Waals surface area (Å²) in [5.41, 5.74) is 0.619. The first kappa shape index (κ1) is 29.7. The molecule has 1 aromatic heterocycles. The SMILES string of the molecule is CCCCCCCCCCCCCC(=O)N[C@@H](CC(C)C)C(=O)N[C@@H](Cc1cnc[nH]1)C(=O)O. The fraction of sp³-hybridized carbons (Fsp3) is 0.769. The predicted molar refractivity (Wildman–Crippen MR) is 134 cm³/mol. The van der Waals surface area contributed by atoms with Gasteiger partial charge in [0.2, 0.25) is 11.8 Å². The van der Waals surface area contributed by atoms with Crippen molar-refractivity contribution in [1.82, 2.24) is 20.6 Å². The maximum absolute atomic E-state index is 12.8. The molecule has 1 heterocycles. The number of carboxylic acid groups (broad SMARTS) is 1. The highest BCUT2D eigenvalue weighted by atomic mass is 16.4. The van der Waals surface area contributed by atoms with Crippen LogP contribution in [0.15, 0.2) is 12.5 Å². The summed E-state index contributed by atoms with van der Waals surface area (Å²) in [5.74, 6) is -1.57. The molecule has 0 aliphatic rings. The molecule has 0 bridgehead atoms. The highest BCUT2D eigenvalue weighted by molar-refractivity contribution is 5.90. The number of unbranched alkanes of at least 4 members (excludes halogenated alkanes) is 10. The maximum atomic E-state index is 12.8. The van der Waals surface area contributed by atoms with E-state index in [0.717, 1.165) is 19.3 Å². The Labute approximate surface area is 205 Å². The highest BCUT2D eigenvalue weighted by Gasteiger charge is 2.27. The molecular weight excluding hydrogens is 432 g/mol. The second-order valence-electron chi connectivity index (χ2n) is 9.72. The summed E-state index contributed by atoms with van der Waals surface area (Å²) in [6, 6.07) is -1.84. The Morgan fingerprint density at radius 3 is 2.00 bits per heavy atom. The number of rotatable bonds is 20. The number of H-pyrrole nitrogens is 1. The minimum Gasteiger partial charge on any atom is -0.480 e. The van der Waals surface area contributed by atoms with E-state index >= 15 is 0 Å². The molecule has 2 atom stereocenters. The zero-order valence-electron chi connectivity index (χ0n) is 21.4. The normalized spacial score (nSPS) is 12.9. The van der Waals surface area contributed by atoms with Gasteiger partial charge in [0.15, 0.2) is 0 Å². The van der Waals surface area contributed by atoms with Crippen LogP contribution in [0.3, 0.4) is 0 Å². The number of aromatic nitrogens is 2. The third kappa shape index (κ3) is 14.0. The van der Waals surface area contributed by atoms with Crippen molar-refractivity contribution in [1.29, 1.82) is 0 Å². The molecule has 2 amide bonds. The molecule has 8 heteroatoms. The second-order valence-corrected chi connectivity index (χ2v) is 9.72. The first-order valence-electron chi connectivity index (χ1n) is 13.1. The Morgan fingerprint density at radius 2 is 1.50 bits per heavy atom. The molecule has 0 aliphatic heterocycles. The van der Waals surface area contributed by atoms with Gasteiger partial charge in [0.05, 0.1) is 6.33 Å². The lowest BCUT2D eigenvalue weighted by atomic mass is 10.0. The van der Waals surface area contributed by atoms with Crippen LogP contribution in [0.1, 0.15) is 110 Å². The number of imidazole rings is 1. The highest BCUT2D eigenvalue weighted by Crippen LogP contribution is 2.12. The number of aromatic amines is 1. The number of amides is 2. The summed E-state index contributed by atoms with van der Waals surface area (Å²) in [6.07, 6.45) is 17.3. The topological polar surface area (TPSA) is 124 Å². The Morgan fingerprint density at radius 1 is 0.912 bits per heavy atom. The maximum Gasteiger partial charge on any atom is 0.326 e. The average molecular weight is 479 g/mol. The van der Waals surface area contributed by atoms with Crippen LogP contribution >= 0.6 is 0 Å². The summed E-state index contributed by atoms with van der Waals surface area (Å²) in [6.45, 7) is 6.17. The van der Waals surface area contributed by atoms with E-state index in [1.165, 1.54) is 63.9 Å². The fourth-order valence-corrected chi connectivity index (χ4v) is 4.01. The number of carbonyl (C=O) groups excluding carboxylic acids is 2. The van der Waals surface area contributed by atoms with Crippen LogP contribution in [0.5, 0.6) is 0 Å². The number of carbonyl (C=O) groups is 3. The molecule has 0 radical (unpaired) electrons. The van der Waals surface area contributed by atoms with E-state index in [0.29, 0.717) is 18.5 Å². The number of nitrogens with zero attached hydrogens (tertiary/aromatic N) is 1. The van der Waals surface area contributed by atoms with Crippen LogP contribution < -0.4 is 10.6 Å². The molecule has 8 nitrogen and oxygen atoms in total. The number of nitrogens with one attached hydrogen (secondary N) is 3. The lowest BCUT2D eigenvalue weighted by molar-refractivity contribution is -0.142. The van der Waals surface area contributed by atoms with Crippen molar-refractivity contribution in [2.24, 2.45) is 5.92 Å². The van der Waals surface area contributed by atoms with Gasteiger partial charge in [-0.05, 0) is 18.8 Å². The minimum absolute atomic E-state index is 0.0994. The quantitative estimate of drug-likeness (QED) is 0.201. The largest absolute Gasteiger partial charge is 0.480 e. The van der Waals surface area contributed by atoms with E-state index in [-0.39, 0.29) is 18.2 Å². The minimum atomic E-state index is -1.13. The molecule has 0 unspecified atom stereocenters. The Kier molecular flexibility index (Phi) is 15.7. The Bertz CT molecular complexity index is 691. The van der Waals surface area contributed by atoms with Crippen LogP contribution in [0.4, 0.5) is 0 Å². The molecule has 0 spiro atoms. The van der Waals surface area contributed by atoms with Gasteiger partial charge in [-0.25, -0.2) is 9.78 Å². The van der Waals surface area contributed by atoms with Crippen molar-refractivity contribution in [3.8, 4) is 0 Å². The molecule has 0 fully saturated rings. The van der Waals surface area contributed by atoms with Gasteiger partial charge in [0, 0.05) is 24.7 Å². The molecule has 34 heavy (non-hydrogen) atoms. The number of aliphatic carboxylic acids is 1. The first-order valence-corrected chi connectivity index (χ1v) is 13.1. The number of carboxylic acids is 1. The second kappa shape index (κ2) is 18.0. The van der Waals surface area contributed by atoms with Crippen molar-refractivity contribution in [2.75, 3.05) is 0 Å². The van der Waals surface area contributed by atoms with Gasteiger partial charge in [-0.15, -0.1) is 0 Å². The van der Waals surface area contributed by atoms with Crippen LogP contribution in [-0.2, 0) is 20.8 Å². The van der Waals surface area contributed by atoms with E-state index in [1.807, 2.05) is 13.8 Å². The van der Waals surface area contributed by atoms with Crippen molar-refractivity contribution >= 4 is 17.8 Å². The van der Waals surface area contributed by atoms with Crippen LogP contribution in [-0.4, -0.2) is 44.9 Å². The molecule has 0 aliphatic carbocycles.